The van der Waals surface area contributed by atoms with Crippen LogP contribution in [0.1, 0.15) is 31.7 Å². The van der Waals surface area contributed by atoms with Crippen LogP contribution in [0.5, 0.6) is 11.5 Å². The van der Waals surface area contributed by atoms with Gasteiger partial charge in [-0.2, -0.15) is 0 Å². The fourth-order valence-corrected chi connectivity index (χ4v) is 3.39. The molecule has 1 aliphatic rings. The summed E-state index contributed by atoms with van der Waals surface area (Å²) in [5.41, 5.74) is 1.18. The summed E-state index contributed by atoms with van der Waals surface area (Å²) in [5.74, 6) is 2.42. The van der Waals surface area contributed by atoms with Crippen LogP contribution in [0.3, 0.4) is 0 Å². The third-order valence-electron chi connectivity index (χ3n) is 5.29. The van der Waals surface area contributed by atoms with Crippen LogP contribution < -0.4 is 20.1 Å². The molecule has 1 aromatic carbocycles. The number of likely N-dealkylation sites (N-methyl/N-ethyl adjacent to an activating group) is 1. The van der Waals surface area contributed by atoms with E-state index in [1.54, 1.807) is 33.2 Å². The number of nitrogens with one attached hydrogen (secondary N) is 2. The Hall–Kier alpha value is -2.48. The van der Waals surface area contributed by atoms with Gasteiger partial charge in [-0.1, -0.05) is 13.0 Å². The van der Waals surface area contributed by atoms with Gasteiger partial charge in [0, 0.05) is 33.8 Å². The molecule has 2 atom stereocenters. The van der Waals surface area contributed by atoms with E-state index in [1.807, 2.05) is 12.1 Å². The zero-order valence-electron chi connectivity index (χ0n) is 19.6. The topological polar surface area (TPSA) is 84.4 Å². The number of guanidine groups is 1. The van der Waals surface area contributed by atoms with Crippen LogP contribution in [0.25, 0.3) is 0 Å². The molecule has 174 valence electrons. The van der Waals surface area contributed by atoms with Gasteiger partial charge < -0.3 is 29.7 Å². The highest BCUT2D eigenvalue weighted by Gasteiger charge is 2.15. The molecule has 0 spiro atoms. The van der Waals surface area contributed by atoms with Crippen molar-refractivity contribution in [3.8, 4) is 11.5 Å². The molecule has 1 aliphatic heterocycles. The minimum absolute atomic E-state index is 0.0339. The summed E-state index contributed by atoms with van der Waals surface area (Å²) in [4.78, 5) is 18.0. The second-order valence-corrected chi connectivity index (χ2v) is 8.20. The zero-order valence-corrected chi connectivity index (χ0v) is 19.6. The number of carbonyl (C=O) groups excluding carboxylic acids is 1. The number of hydrogen-bond donors (Lipinski definition) is 2. The Bertz CT molecular complexity index is 718. The molecular formula is C23H38N4O4. The summed E-state index contributed by atoms with van der Waals surface area (Å²) >= 11 is 0. The van der Waals surface area contributed by atoms with E-state index >= 15 is 0 Å². The molecule has 0 aliphatic carbocycles. The molecule has 1 amide bonds. The molecule has 1 saturated heterocycles. The predicted octanol–water partition coefficient (Wildman–Crippen LogP) is 2.07. The Labute approximate surface area is 186 Å². The molecule has 2 N–H and O–H groups in total. The molecule has 8 nitrogen and oxygen atoms in total. The van der Waals surface area contributed by atoms with Crippen molar-refractivity contribution in [2.45, 2.75) is 38.7 Å². The lowest BCUT2D eigenvalue weighted by atomic mass is 10.0. The number of aliphatic imine (C=N–C) groups is 1. The van der Waals surface area contributed by atoms with Crippen LogP contribution in [0.4, 0.5) is 0 Å². The van der Waals surface area contributed by atoms with E-state index < -0.39 is 0 Å². The maximum absolute atomic E-state index is 12.0. The fraction of sp³-hybridized carbons (Fsp3) is 0.652. The van der Waals surface area contributed by atoms with Crippen LogP contribution in [-0.2, 0) is 16.0 Å². The number of methoxy groups -OCH3 is 2. The van der Waals surface area contributed by atoms with Crippen molar-refractivity contribution in [1.29, 1.82) is 0 Å². The quantitative estimate of drug-likeness (QED) is 0.433. The highest BCUT2D eigenvalue weighted by Crippen LogP contribution is 2.28. The molecule has 1 heterocycles. The van der Waals surface area contributed by atoms with E-state index in [4.69, 9.17) is 14.2 Å². The first kappa shape index (κ1) is 24.8. The van der Waals surface area contributed by atoms with E-state index in [2.05, 4.69) is 28.6 Å². The number of rotatable bonds is 10. The monoisotopic (exact) mass is 434 g/mol. The zero-order chi connectivity index (χ0) is 22.6. The van der Waals surface area contributed by atoms with Crippen molar-refractivity contribution in [1.82, 2.24) is 15.5 Å². The molecule has 8 heteroatoms. The van der Waals surface area contributed by atoms with Crippen molar-refractivity contribution in [2.75, 3.05) is 54.6 Å². The Morgan fingerprint density at radius 3 is 2.65 bits per heavy atom. The third kappa shape index (κ3) is 8.65. The first-order valence-corrected chi connectivity index (χ1v) is 11.0. The second kappa shape index (κ2) is 13.0. The van der Waals surface area contributed by atoms with Gasteiger partial charge in [-0.05, 0) is 49.3 Å². The SMILES string of the molecule is COc1ccc(CC(C)CNC(=NCC(=O)N(C)C)NCC2CCCCO2)cc1OC. The van der Waals surface area contributed by atoms with Crippen LogP contribution in [0.15, 0.2) is 23.2 Å². The average Bonchev–Trinajstić information content (AvgIpc) is 2.78. The summed E-state index contributed by atoms with van der Waals surface area (Å²) in [5, 5.41) is 6.72. The minimum Gasteiger partial charge on any atom is -0.493 e. The molecule has 0 aromatic heterocycles. The Balaban J connectivity index is 1.92. The molecular weight excluding hydrogens is 396 g/mol. The minimum atomic E-state index is -0.0339. The van der Waals surface area contributed by atoms with Crippen LogP contribution in [-0.4, -0.2) is 77.4 Å². The van der Waals surface area contributed by atoms with Gasteiger partial charge in [-0.3, -0.25) is 4.79 Å². The van der Waals surface area contributed by atoms with Crippen molar-refractivity contribution in [3.63, 3.8) is 0 Å². The first-order valence-electron chi connectivity index (χ1n) is 11.0. The molecule has 2 unspecified atom stereocenters. The number of hydrogen-bond acceptors (Lipinski definition) is 5. The molecule has 2 rings (SSSR count). The Kier molecular flexibility index (Phi) is 10.4. The molecule has 1 fully saturated rings. The molecule has 0 saturated carbocycles. The van der Waals surface area contributed by atoms with Gasteiger partial charge in [0.05, 0.1) is 20.3 Å². The van der Waals surface area contributed by atoms with E-state index in [1.165, 1.54) is 12.0 Å². The van der Waals surface area contributed by atoms with Crippen molar-refractivity contribution < 1.29 is 19.0 Å². The van der Waals surface area contributed by atoms with E-state index in [0.29, 0.717) is 18.4 Å². The highest BCUT2D eigenvalue weighted by atomic mass is 16.5. The maximum atomic E-state index is 12.0. The summed E-state index contributed by atoms with van der Waals surface area (Å²) in [6, 6.07) is 6.00. The summed E-state index contributed by atoms with van der Waals surface area (Å²) < 4.78 is 16.5. The smallest absolute Gasteiger partial charge is 0.243 e. The normalized spacial score (nSPS) is 17.6. The summed E-state index contributed by atoms with van der Waals surface area (Å²) in [6.45, 7) is 4.51. The van der Waals surface area contributed by atoms with E-state index in [-0.39, 0.29) is 18.6 Å². The van der Waals surface area contributed by atoms with Crippen LogP contribution in [0.2, 0.25) is 0 Å². The number of ether oxygens (including phenoxy) is 3. The maximum Gasteiger partial charge on any atom is 0.243 e. The number of nitrogens with zero attached hydrogens (tertiary/aromatic N) is 2. The van der Waals surface area contributed by atoms with Gasteiger partial charge in [0.25, 0.3) is 0 Å². The summed E-state index contributed by atoms with van der Waals surface area (Å²) in [7, 11) is 6.75. The number of benzene rings is 1. The van der Waals surface area contributed by atoms with Crippen LogP contribution in [0, 0.1) is 5.92 Å². The first-order chi connectivity index (χ1) is 14.9. The standard InChI is InChI=1S/C23H38N4O4/c1-17(12-18-9-10-20(29-4)21(13-18)30-5)14-24-23(26-16-22(28)27(2)3)25-15-19-8-6-7-11-31-19/h9-10,13,17,19H,6-8,11-12,14-16H2,1-5H3,(H2,24,25,26). The second-order valence-electron chi connectivity index (χ2n) is 8.20. The lowest BCUT2D eigenvalue weighted by Crippen LogP contribution is -2.44. The molecule has 0 bridgehead atoms. The number of carbonyl (C=O) groups is 1. The predicted molar refractivity (Wildman–Crippen MR) is 123 cm³/mol. The average molecular weight is 435 g/mol. The van der Waals surface area contributed by atoms with Crippen molar-refractivity contribution >= 4 is 11.9 Å². The van der Waals surface area contributed by atoms with E-state index in [0.717, 1.165) is 43.9 Å². The Morgan fingerprint density at radius 2 is 2.00 bits per heavy atom. The summed E-state index contributed by atoms with van der Waals surface area (Å²) in [6.07, 6.45) is 4.43. The third-order valence-corrected chi connectivity index (χ3v) is 5.29. The van der Waals surface area contributed by atoms with Crippen molar-refractivity contribution in [3.05, 3.63) is 23.8 Å². The van der Waals surface area contributed by atoms with Gasteiger partial charge in [0.2, 0.25) is 5.91 Å². The van der Waals surface area contributed by atoms with Gasteiger partial charge in [-0.25, -0.2) is 4.99 Å². The fourth-order valence-electron chi connectivity index (χ4n) is 3.39. The number of amides is 1. The van der Waals surface area contributed by atoms with Crippen LogP contribution >= 0.6 is 0 Å². The lowest BCUT2D eigenvalue weighted by molar-refractivity contribution is -0.127. The molecule has 0 radical (unpaired) electrons. The molecule has 1 aromatic rings. The lowest BCUT2D eigenvalue weighted by Gasteiger charge is -2.24. The van der Waals surface area contributed by atoms with Gasteiger partial charge in [-0.15, -0.1) is 0 Å². The van der Waals surface area contributed by atoms with E-state index in [9.17, 15) is 4.79 Å². The van der Waals surface area contributed by atoms with Gasteiger partial charge in [0.1, 0.15) is 6.54 Å². The van der Waals surface area contributed by atoms with Gasteiger partial charge in [0.15, 0.2) is 17.5 Å². The van der Waals surface area contributed by atoms with Gasteiger partial charge >= 0.3 is 0 Å². The molecule has 31 heavy (non-hydrogen) atoms. The van der Waals surface area contributed by atoms with Crippen molar-refractivity contribution in [2.24, 2.45) is 10.9 Å². The largest absolute Gasteiger partial charge is 0.493 e. The Morgan fingerprint density at radius 1 is 1.23 bits per heavy atom. The highest BCUT2D eigenvalue weighted by molar-refractivity contribution is 5.84.